The summed E-state index contributed by atoms with van der Waals surface area (Å²) in [4.78, 5) is 11.2. The third-order valence-electron chi connectivity index (χ3n) is 8.05. The maximum absolute atomic E-state index is 11.2. The highest BCUT2D eigenvalue weighted by Crippen LogP contribution is 2.40. The maximum Gasteiger partial charge on any atom is 0.302 e. The lowest BCUT2D eigenvalue weighted by Gasteiger charge is -2.46. The van der Waals surface area contributed by atoms with Gasteiger partial charge in [0.2, 0.25) is 0 Å². The van der Waals surface area contributed by atoms with Gasteiger partial charge in [0, 0.05) is 13.3 Å². The smallest absolute Gasteiger partial charge is 0.302 e. The highest BCUT2D eigenvalue weighted by Gasteiger charge is 2.51. The maximum atomic E-state index is 11.2. The Morgan fingerprint density at radius 3 is 2.17 bits per heavy atom. The molecule has 2 aromatic rings. The Labute approximate surface area is 240 Å². The molecule has 4 rings (SSSR count). The number of benzene rings is 2. The van der Waals surface area contributed by atoms with Gasteiger partial charge in [-0.25, -0.2) is 0 Å². The van der Waals surface area contributed by atoms with Crippen LogP contribution in [0.3, 0.4) is 0 Å². The van der Waals surface area contributed by atoms with E-state index < -0.39 is 25.7 Å². The second-order valence-corrected chi connectivity index (χ2v) is 16.9. The zero-order valence-corrected chi connectivity index (χ0v) is 25.7. The van der Waals surface area contributed by atoms with Crippen LogP contribution >= 0.6 is 0 Å². The summed E-state index contributed by atoms with van der Waals surface area (Å²) in [6.07, 6.45) is 8.60. The third kappa shape index (κ3) is 7.31. The minimum Gasteiger partial charge on any atom is -0.463 e. The number of hydrogen-bond acceptors (Lipinski definition) is 6. The van der Waals surface area contributed by atoms with Crippen molar-refractivity contribution in [3.8, 4) is 0 Å². The molecule has 0 saturated carbocycles. The van der Waals surface area contributed by atoms with Crippen molar-refractivity contribution in [3.05, 3.63) is 72.8 Å². The standard InChI is InChI=1S/C33H46O6Si/c1-26(34)36-25-32(5,35)23-20-27-14-12-21-33(38-27)22-13-15-28(39-33)24-37-40(31(2,3)4,29-16-8-6-9-17-29)30-18-10-7-11-19-30/h6-12,16-19,21,27-28,35H,13-15,20,22-25H2,1-5H3/t27-,28+,32?,33+/m1/s1. The average molecular weight is 567 g/mol. The van der Waals surface area contributed by atoms with Gasteiger partial charge < -0.3 is 23.7 Å². The summed E-state index contributed by atoms with van der Waals surface area (Å²) >= 11 is 0. The molecule has 0 amide bonds. The van der Waals surface area contributed by atoms with Gasteiger partial charge in [0.1, 0.15) is 6.61 Å². The zero-order valence-electron chi connectivity index (χ0n) is 24.7. The van der Waals surface area contributed by atoms with Crippen LogP contribution in [0.1, 0.15) is 73.1 Å². The van der Waals surface area contributed by atoms with Gasteiger partial charge in [-0.15, -0.1) is 0 Å². The predicted molar refractivity (Wildman–Crippen MR) is 160 cm³/mol. The Hall–Kier alpha value is -2.29. The van der Waals surface area contributed by atoms with Gasteiger partial charge in [-0.3, -0.25) is 4.79 Å². The van der Waals surface area contributed by atoms with E-state index in [0.29, 0.717) is 19.4 Å². The molecule has 2 heterocycles. The minimum atomic E-state index is -2.66. The first-order valence-corrected chi connectivity index (χ1v) is 16.5. The van der Waals surface area contributed by atoms with Crippen LogP contribution in [-0.4, -0.2) is 56.2 Å². The van der Waals surface area contributed by atoms with Gasteiger partial charge in [-0.2, -0.15) is 0 Å². The molecule has 0 aliphatic carbocycles. The molecule has 0 aromatic heterocycles. The largest absolute Gasteiger partial charge is 0.463 e. The van der Waals surface area contributed by atoms with Crippen molar-refractivity contribution in [2.75, 3.05) is 13.2 Å². The predicted octanol–water partition coefficient (Wildman–Crippen LogP) is 5.27. The normalized spacial score (nSPS) is 24.9. The SMILES string of the molecule is CC(=O)OCC(C)(O)CC[C@H]1CC=C[C@]2(CCC[C@@H](CO[Si](c3ccccc3)(c3ccccc3)C(C)(C)C)O2)O1. The Kier molecular flexibility index (Phi) is 9.73. The number of carbonyl (C=O) groups excluding carboxylic acids is 1. The van der Waals surface area contributed by atoms with Crippen molar-refractivity contribution in [2.24, 2.45) is 0 Å². The fraction of sp³-hybridized carbons (Fsp3) is 0.545. The number of aliphatic hydroxyl groups is 1. The van der Waals surface area contributed by atoms with Gasteiger partial charge in [0.25, 0.3) is 8.32 Å². The Balaban J connectivity index is 1.47. The summed E-state index contributed by atoms with van der Waals surface area (Å²) < 4.78 is 25.5. The van der Waals surface area contributed by atoms with Crippen molar-refractivity contribution in [1.29, 1.82) is 0 Å². The van der Waals surface area contributed by atoms with E-state index in [1.165, 1.54) is 17.3 Å². The topological polar surface area (TPSA) is 74.2 Å². The van der Waals surface area contributed by atoms with Gasteiger partial charge in [-0.1, -0.05) is 87.5 Å². The van der Waals surface area contributed by atoms with E-state index in [0.717, 1.165) is 25.7 Å². The molecule has 1 unspecified atom stereocenters. The second-order valence-electron chi connectivity index (χ2n) is 12.6. The Bertz CT molecular complexity index is 1090. The number of hydrogen-bond donors (Lipinski definition) is 1. The molecule has 1 spiro atoms. The van der Waals surface area contributed by atoms with E-state index in [9.17, 15) is 9.90 Å². The lowest BCUT2D eigenvalue weighted by molar-refractivity contribution is -0.278. The van der Waals surface area contributed by atoms with Crippen LogP contribution in [0.15, 0.2) is 72.8 Å². The van der Waals surface area contributed by atoms with Crippen LogP contribution in [0.2, 0.25) is 5.04 Å². The van der Waals surface area contributed by atoms with E-state index in [2.05, 4.69) is 93.6 Å². The van der Waals surface area contributed by atoms with Crippen molar-refractivity contribution in [3.63, 3.8) is 0 Å². The van der Waals surface area contributed by atoms with Crippen molar-refractivity contribution in [1.82, 2.24) is 0 Å². The highest BCUT2D eigenvalue weighted by atomic mass is 28.4. The van der Waals surface area contributed by atoms with Gasteiger partial charge in [-0.05, 0) is 60.5 Å². The summed E-state index contributed by atoms with van der Waals surface area (Å²) in [6.45, 7) is 10.4. The van der Waals surface area contributed by atoms with E-state index in [1.807, 2.05) is 0 Å². The second kappa shape index (κ2) is 12.7. The number of esters is 1. The number of carbonyl (C=O) groups is 1. The van der Waals surface area contributed by atoms with Crippen LogP contribution < -0.4 is 10.4 Å². The molecule has 7 heteroatoms. The molecule has 6 nitrogen and oxygen atoms in total. The minimum absolute atomic E-state index is 0.0197. The van der Waals surface area contributed by atoms with Crippen LogP contribution in [0.5, 0.6) is 0 Å². The third-order valence-corrected chi connectivity index (χ3v) is 13.1. The monoisotopic (exact) mass is 566 g/mol. The van der Waals surface area contributed by atoms with E-state index in [-0.39, 0.29) is 23.9 Å². The zero-order chi connectivity index (χ0) is 28.9. The average Bonchev–Trinajstić information content (AvgIpc) is 2.92. The van der Waals surface area contributed by atoms with Crippen LogP contribution in [-0.2, 0) is 23.4 Å². The molecule has 40 heavy (non-hydrogen) atoms. The first-order chi connectivity index (χ1) is 18.9. The Morgan fingerprint density at radius 1 is 1.00 bits per heavy atom. The molecule has 1 fully saturated rings. The molecular formula is C33H46O6Si. The fourth-order valence-electron chi connectivity index (χ4n) is 6.03. The summed E-state index contributed by atoms with van der Waals surface area (Å²) in [5.41, 5.74) is -1.09. The van der Waals surface area contributed by atoms with Crippen LogP contribution in [0.4, 0.5) is 0 Å². The molecular weight excluding hydrogens is 520 g/mol. The van der Waals surface area contributed by atoms with Crippen LogP contribution in [0.25, 0.3) is 0 Å². The molecule has 2 aliphatic heterocycles. The summed E-state index contributed by atoms with van der Waals surface area (Å²) in [7, 11) is -2.66. The van der Waals surface area contributed by atoms with E-state index >= 15 is 0 Å². The fourth-order valence-corrected chi connectivity index (χ4v) is 10.6. The lowest BCUT2D eigenvalue weighted by atomic mass is 9.94. The molecule has 4 atom stereocenters. The summed E-state index contributed by atoms with van der Waals surface area (Å²) in [5, 5.41) is 13.1. The quantitative estimate of drug-likeness (QED) is 0.240. The van der Waals surface area contributed by atoms with Crippen molar-refractivity contribution >= 4 is 24.7 Å². The summed E-state index contributed by atoms with van der Waals surface area (Å²) in [5.74, 6) is -1.17. The molecule has 1 N–H and O–H groups in total. The van der Waals surface area contributed by atoms with Crippen molar-refractivity contribution in [2.45, 2.75) is 102 Å². The molecule has 0 bridgehead atoms. The number of ether oxygens (including phenoxy) is 3. The lowest BCUT2D eigenvalue weighted by Crippen LogP contribution is -2.67. The molecule has 2 aromatic carbocycles. The molecule has 2 aliphatic rings. The molecule has 218 valence electrons. The molecule has 0 radical (unpaired) electrons. The number of rotatable bonds is 10. The first kappa shape index (κ1) is 30.7. The van der Waals surface area contributed by atoms with Gasteiger partial charge >= 0.3 is 5.97 Å². The van der Waals surface area contributed by atoms with E-state index in [1.54, 1.807) is 6.92 Å². The van der Waals surface area contributed by atoms with Gasteiger partial charge in [0.05, 0.1) is 24.4 Å². The van der Waals surface area contributed by atoms with Crippen LogP contribution in [0, 0.1) is 0 Å². The van der Waals surface area contributed by atoms with Crippen molar-refractivity contribution < 1.29 is 28.5 Å². The Morgan fingerprint density at radius 2 is 1.60 bits per heavy atom. The summed E-state index contributed by atoms with van der Waals surface area (Å²) in [6, 6.07) is 21.4. The highest BCUT2D eigenvalue weighted by molar-refractivity contribution is 6.99. The van der Waals surface area contributed by atoms with E-state index in [4.69, 9.17) is 18.6 Å². The van der Waals surface area contributed by atoms with Gasteiger partial charge in [0.15, 0.2) is 5.79 Å². The molecule has 1 saturated heterocycles. The first-order valence-electron chi connectivity index (χ1n) is 14.6.